The lowest BCUT2D eigenvalue weighted by Crippen LogP contribution is -2.47. The molecule has 3 rings (SSSR count). The third kappa shape index (κ3) is 2.39. The van der Waals surface area contributed by atoms with Crippen molar-refractivity contribution < 1.29 is 14.4 Å². The van der Waals surface area contributed by atoms with Crippen LogP contribution in [0.3, 0.4) is 0 Å². The van der Waals surface area contributed by atoms with Gasteiger partial charge in [0.25, 0.3) is 0 Å². The van der Waals surface area contributed by atoms with Crippen LogP contribution in [0.1, 0.15) is 65.2 Å². The molecule has 0 heterocycles. The van der Waals surface area contributed by atoms with Crippen molar-refractivity contribution in [3.63, 3.8) is 0 Å². The highest BCUT2D eigenvalue weighted by Gasteiger charge is 2.56. The van der Waals surface area contributed by atoms with Gasteiger partial charge in [-0.2, -0.15) is 0 Å². The largest absolute Gasteiger partial charge is 0.300 e. The van der Waals surface area contributed by atoms with Crippen LogP contribution in [-0.4, -0.2) is 17.3 Å². The van der Waals surface area contributed by atoms with Crippen LogP contribution in [0.2, 0.25) is 0 Å². The summed E-state index contributed by atoms with van der Waals surface area (Å²) in [5, 5.41) is 0. The molecule has 5 unspecified atom stereocenters. The standard InChI is InChI=1S/C18H26O3/c1-11(19)3-4-14-12-9-10-18(2)15(6-8-17(18)21)13(12)5-7-16(14)20/h12-15H,3-10H2,1-2H3. The molecule has 0 N–H and O–H groups in total. The SMILES string of the molecule is CC(=O)CCC1C(=O)CCC2C1CCC1(C)C(=O)CCC21. The van der Waals surface area contributed by atoms with Gasteiger partial charge in [-0.15, -0.1) is 0 Å². The second-order valence-corrected chi connectivity index (χ2v) is 7.70. The summed E-state index contributed by atoms with van der Waals surface area (Å²) in [4.78, 5) is 35.8. The molecule has 0 spiro atoms. The van der Waals surface area contributed by atoms with Crippen LogP contribution in [-0.2, 0) is 14.4 Å². The molecule has 3 nitrogen and oxygen atoms in total. The minimum Gasteiger partial charge on any atom is -0.300 e. The molecule has 21 heavy (non-hydrogen) atoms. The summed E-state index contributed by atoms with van der Waals surface area (Å²) in [5.74, 6) is 2.51. The predicted molar refractivity (Wildman–Crippen MR) is 79.7 cm³/mol. The second kappa shape index (κ2) is 5.33. The average molecular weight is 290 g/mol. The zero-order valence-corrected chi connectivity index (χ0v) is 13.2. The highest BCUT2D eigenvalue weighted by Crippen LogP contribution is 2.58. The molecular weight excluding hydrogens is 264 g/mol. The molecule has 0 saturated heterocycles. The summed E-state index contributed by atoms with van der Waals surface area (Å²) in [6.07, 6.45) is 6.57. The van der Waals surface area contributed by atoms with Gasteiger partial charge in [-0.3, -0.25) is 9.59 Å². The number of fused-ring (bicyclic) bond motifs is 3. The summed E-state index contributed by atoms with van der Waals surface area (Å²) < 4.78 is 0. The lowest BCUT2D eigenvalue weighted by Gasteiger charge is -2.50. The summed E-state index contributed by atoms with van der Waals surface area (Å²) in [6.45, 7) is 3.77. The van der Waals surface area contributed by atoms with Crippen molar-refractivity contribution in [3.05, 3.63) is 0 Å². The van der Waals surface area contributed by atoms with Crippen LogP contribution >= 0.6 is 0 Å². The number of hydrogen-bond acceptors (Lipinski definition) is 3. The molecule has 0 bridgehead atoms. The molecule has 5 atom stereocenters. The van der Waals surface area contributed by atoms with E-state index in [9.17, 15) is 14.4 Å². The molecular formula is C18H26O3. The quantitative estimate of drug-likeness (QED) is 0.801. The van der Waals surface area contributed by atoms with E-state index in [2.05, 4.69) is 6.92 Å². The van der Waals surface area contributed by atoms with Crippen LogP contribution < -0.4 is 0 Å². The molecule has 3 aliphatic carbocycles. The third-order valence-electron chi connectivity index (χ3n) is 6.66. The van der Waals surface area contributed by atoms with E-state index in [1.807, 2.05) is 0 Å². The lowest BCUT2D eigenvalue weighted by atomic mass is 9.53. The first-order valence-electron chi connectivity index (χ1n) is 8.49. The zero-order valence-electron chi connectivity index (χ0n) is 13.2. The number of ketones is 3. The van der Waals surface area contributed by atoms with Crippen LogP contribution in [0.15, 0.2) is 0 Å². The maximum absolute atomic E-state index is 12.3. The maximum Gasteiger partial charge on any atom is 0.139 e. The van der Waals surface area contributed by atoms with Crippen molar-refractivity contribution in [2.24, 2.45) is 29.1 Å². The maximum atomic E-state index is 12.3. The van der Waals surface area contributed by atoms with E-state index in [0.29, 0.717) is 42.2 Å². The normalized spacial score (nSPS) is 42.6. The Kier molecular flexibility index (Phi) is 3.79. The summed E-state index contributed by atoms with van der Waals surface area (Å²) >= 11 is 0. The molecule has 0 aromatic carbocycles. The first-order chi connectivity index (χ1) is 9.93. The Balaban J connectivity index is 1.80. The minimum absolute atomic E-state index is 0.0768. The van der Waals surface area contributed by atoms with E-state index in [-0.39, 0.29) is 17.1 Å². The molecule has 3 fully saturated rings. The third-order valence-corrected chi connectivity index (χ3v) is 6.66. The summed E-state index contributed by atoms with van der Waals surface area (Å²) in [5.41, 5.74) is -0.118. The lowest BCUT2D eigenvalue weighted by molar-refractivity contribution is -0.138. The van der Waals surface area contributed by atoms with Gasteiger partial charge in [0.1, 0.15) is 17.3 Å². The van der Waals surface area contributed by atoms with Gasteiger partial charge in [0.05, 0.1) is 0 Å². The minimum atomic E-state index is -0.118. The van der Waals surface area contributed by atoms with Crippen molar-refractivity contribution in [3.8, 4) is 0 Å². The van der Waals surface area contributed by atoms with E-state index in [1.54, 1.807) is 6.92 Å². The molecule has 3 aliphatic rings. The Labute approximate surface area is 126 Å². The Hall–Kier alpha value is -0.990. The van der Waals surface area contributed by atoms with Crippen LogP contribution in [0, 0.1) is 29.1 Å². The van der Waals surface area contributed by atoms with Gasteiger partial charge in [-0.25, -0.2) is 0 Å². The molecule has 3 saturated carbocycles. The Morgan fingerprint density at radius 2 is 1.90 bits per heavy atom. The van der Waals surface area contributed by atoms with E-state index >= 15 is 0 Å². The zero-order chi connectivity index (χ0) is 15.2. The monoisotopic (exact) mass is 290 g/mol. The molecule has 0 radical (unpaired) electrons. The van der Waals surface area contributed by atoms with E-state index < -0.39 is 0 Å². The van der Waals surface area contributed by atoms with Crippen molar-refractivity contribution in [1.29, 1.82) is 0 Å². The summed E-state index contributed by atoms with van der Waals surface area (Å²) in [6, 6.07) is 0. The number of hydrogen-bond donors (Lipinski definition) is 0. The molecule has 0 amide bonds. The fourth-order valence-electron chi connectivity index (χ4n) is 5.47. The fraction of sp³-hybridized carbons (Fsp3) is 0.833. The topological polar surface area (TPSA) is 51.2 Å². The Morgan fingerprint density at radius 3 is 2.62 bits per heavy atom. The first kappa shape index (κ1) is 14.9. The number of carbonyl (C=O) groups is 3. The van der Waals surface area contributed by atoms with Crippen molar-refractivity contribution in [2.75, 3.05) is 0 Å². The first-order valence-corrected chi connectivity index (χ1v) is 8.49. The smallest absolute Gasteiger partial charge is 0.139 e. The highest BCUT2D eigenvalue weighted by molar-refractivity contribution is 5.88. The van der Waals surface area contributed by atoms with Crippen molar-refractivity contribution in [2.45, 2.75) is 65.2 Å². The number of Topliss-reactive ketones (excluding diaryl/α,β-unsaturated/α-hetero) is 3. The number of carbonyl (C=O) groups excluding carboxylic acids is 3. The van der Waals surface area contributed by atoms with Gasteiger partial charge >= 0.3 is 0 Å². The van der Waals surface area contributed by atoms with Crippen LogP contribution in [0.4, 0.5) is 0 Å². The Bertz CT molecular complexity index is 481. The van der Waals surface area contributed by atoms with Gasteiger partial charge in [0.15, 0.2) is 0 Å². The summed E-state index contributed by atoms with van der Waals surface area (Å²) in [7, 11) is 0. The van der Waals surface area contributed by atoms with E-state index in [1.165, 1.54) is 0 Å². The fourth-order valence-corrected chi connectivity index (χ4v) is 5.47. The van der Waals surface area contributed by atoms with Gasteiger partial charge in [-0.1, -0.05) is 6.92 Å². The van der Waals surface area contributed by atoms with Gasteiger partial charge < -0.3 is 4.79 Å². The van der Waals surface area contributed by atoms with Gasteiger partial charge in [0.2, 0.25) is 0 Å². The number of rotatable bonds is 3. The molecule has 0 aliphatic heterocycles. The molecule has 0 aromatic rings. The average Bonchev–Trinajstić information content (AvgIpc) is 2.74. The van der Waals surface area contributed by atoms with Crippen LogP contribution in [0.5, 0.6) is 0 Å². The molecule has 116 valence electrons. The van der Waals surface area contributed by atoms with E-state index in [4.69, 9.17) is 0 Å². The van der Waals surface area contributed by atoms with E-state index in [0.717, 1.165) is 38.5 Å². The van der Waals surface area contributed by atoms with Gasteiger partial charge in [-0.05, 0) is 56.8 Å². The Morgan fingerprint density at radius 1 is 1.14 bits per heavy atom. The highest BCUT2D eigenvalue weighted by atomic mass is 16.1. The predicted octanol–water partition coefficient (Wildman–Crippen LogP) is 3.35. The molecule has 3 heteroatoms. The van der Waals surface area contributed by atoms with Crippen molar-refractivity contribution >= 4 is 17.3 Å². The van der Waals surface area contributed by atoms with Gasteiger partial charge in [0, 0.05) is 30.6 Å². The van der Waals surface area contributed by atoms with Crippen LogP contribution in [0.25, 0.3) is 0 Å². The van der Waals surface area contributed by atoms with Crippen molar-refractivity contribution in [1.82, 2.24) is 0 Å². The second-order valence-electron chi connectivity index (χ2n) is 7.70. The molecule has 0 aromatic heterocycles.